The number of rotatable bonds is 3. The van der Waals surface area contributed by atoms with Gasteiger partial charge in [0, 0.05) is 7.05 Å². The molecule has 0 N–H and O–H groups in total. The molecule has 1 atom stereocenters. The van der Waals surface area contributed by atoms with Gasteiger partial charge in [-0.1, -0.05) is 12.1 Å². The number of carbonyl (C=O) groups is 1. The highest BCUT2D eigenvalue weighted by Gasteiger charge is 2.32. The predicted molar refractivity (Wildman–Crippen MR) is 69.1 cm³/mol. The van der Waals surface area contributed by atoms with E-state index < -0.39 is 30.0 Å². The van der Waals surface area contributed by atoms with Crippen molar-refractivity contribution in [1.29, 1.82) is 0 Å². The van der Waals surface area contributed by atoms with Gasteiger partial charge < -0.3 is 4.74 Å². The third kappa shape index (κ3) is 4.43. The molecule has 20 heavy (non-hydrogen) atoms. The lowest BCUT2D eigenvalue weighted by molar-refractivity contribution is -0.00737. The Bertz CT molecular complexity index is 472. The van der Waals surface area contributed by atoms with Crippen molar-refractivity contribution < 1.29 is 22.7 Å². The van der Waals surface area contributed by atoms with E-state index >= 15 is 0 Å². The summed E-state index contributed by atoms with van der Waals surface area (Å²) in [7, 11) is 1.20. The Kier molecular flexibility index (Phi) is 5.03. The van der Waals surface area contributed by atoms with Crippen LogP contribution in [0.5, 0.6) is 0 Å². The van der Waals surface area contributed by atoms with Gasteiger partial charge in [0.05, 0.1) is 0 Å². The van der Waals surface area contributed by atoms with Crippen molar-refractivity contribution in [3.8, 4) is 0 Å². The first kappa shape index (κ1) is 16.3. The molecule has 0 heterocycles. The van der Waals surface area contributed by atoms with Crippen LogP contribution in [0.3, 0.4) is 0 Å². The number of hydrogen-bond donors (Lipinski definition) is 0. The molecule has 0 aliphatic heterocycles. The van der Waals surface area contributed by atoms with Gasteiger partial charge in [-0.25, -0.2) is 18.0 Å². The van der Waals surface area contributed by atoms with E-state index in [-0.39, 0.29) is 5.56 Å². The molecule has 0 aliphatic carbocycles. The van der Waals surface area contributed by atoms with Crippen LogP contribution in [0.25, 0.3) is 0 Å². The van der Waals surface area contributed by atoms with E-state index in [0.29, 0.717) is 0 Å². The van der Waals surface area contributed by atoms with Gasteiger partial charge in [0.1, 0.15) is 17.5 Å². The number of benzene rings is 1. The van der Waals surface area contributed by atoms with Gasteiger partial charge >= 0.3 is 6.09 Å². The molecular weight excluding hydrogens is 271 g/mol. The molecule has 112 valence electrons. The summed E-state index contributed by atoms with van der Waals surface area (Å²) < 4.78 is 44.6. The largest absolute Gasteiger partial charge is 0.444 e. The molecule has 6 heteroatoms. The quantitative estimate of drug-likeness (QED) is 0.841. The number of amides is 1. The lowest BCUT2D eigenvalue weighted by Crippen LogP contribution is -2.39. The molecule has 1 aromatic rings. The molecule has 1 aromatic carbocycles. The molecule has 0 radical (unpaired) electrons. The zero-order valence-electron chi connectivity index (χ0n) is 11.9. The van der Waals surface area contributed by atoms with E-state index in [1.807, 2.05) is 0 Å². The first-order valence-corrected chi connectivity index (χ1v) is 6.11. The van der Waals surface area contributed by atoms with Crippen LogP contribution in [-0.2, 0) is 4.74 Å². The molecule has 1 amide bonds. The van der Waals surface area contributed by atoms with Crippen LogP contribution in [0.1, 0.15) is 32.4 Å². The summed E-state index contributed by atoms with van der Waals surface area (Å²) in [5.74, 6) is -0.634. The van der Waals surface area contributed by atoms with Crippen LogP contribution in [0, 0.1) is 5.82 Å². The smallest absolute Gasteiger partial charge is 0.410 e. The average molecular weight is 289 g/mol. The van der Waals surface area contributed by atoms with Crippen molar-refractivity contribution in [2.75, 3.05) is 7.05 Å². The van der Waals surface area contributed by atoms with Crippen LogP contribution in [-0.4, -0.2) is 30.1 Å². The second-order valence-corrected chi connectivity index (χ2v) is 5.43. The Morgan fingerprint density at radius 1 is 1.30 bits per heavy atom. The van der Waals surface area contributed by atoms with Crippen LogP contribution in [0.2, 0.25) is 0 Å². The molecule has 0 bridgehead atoms. The summed E-state index contributed by atoms with van der Waals surface area (Å²) in [6.45, 7) is 4.91. The topological polar surface area (TPSA) is 29.5 Å². The number of alkyl halides is 2. The Morgan fingerprint density at radius 2 is 1.90 bits per heavy atom. The highest BCUT2D eigenvalue weighted by Crippen LogP contribution is 2.28. The van der Waals surface area contributed by atoms with Crippen molar-refractivity contribution in [2.45, 2.75) is 38.8 Å². The SMILES string of the molecule is CN(C(=O)OC(C)(C)C)C(c1cccc(F)c1)C(F)F. The van der Waals surface area contributed by atoms with Gasteiger partial charge in [-0.05, 0) is 38.5 Å². The van der Waals surface area contributed by atoms with Crippen molar-refractivity contribution in [3.05, 3.63) is 35.6 Å². The monoisotopic (exact) mass is 289 g/mol. The van der Waals surface area contributed by atoms with Crippen LogP contribution in [0.15, 0.2) is 24.3 Å². The summed E-state index contributed by atoms with van der Waals surface area (Å²) in [5, 5.41) is 0. The summed E-state index contributed by atoms with van der Waals surface area (Å²) in [4.78, 5) is 12.6. The summed E-state index contributed by atoms with van der Waals surface area (Å²) in [5.41, 5.74) is -0.770. The van der Waals surface area contributed by atoms with Crippen LogP contribution >= 0.6 is 0 Å². The zero-order valence-corrected chi connectivity index (χ0v) is 11.9. The van der Waals surface area contributed by atoms with E-state index in [1.54, 1.807) is 20.8 Å². The molecule has 0 saturated carbocycles. The standard InChI is InChI=1S/C14H18F3NO2/c1-14(2,3)20-13(19)18(4)11(12(16)17)9-6-5-7-10(15)8-9/h5-8,11-12H,1-4H3. The highest BCUT2D eigenvalue weighted by atomic mass is 19.3. The maximum absolute atomic E-state index is 13.2. The molecule has 3 nitrogen and oxygen atoms in total. The van der Waals surface area contributed by atoms with Gasteiger partial charge in [-0.3, -0.25) is 4.90 Å². The normalized spacial score (nSPS) is 13.2. The molecular formula is C14H18F3NO2. The van der Waals surface area contributed by atoms with Gasteiger partial charge in [0.15, 0.2) is 0 Å². The van der Waals surface area contributed by atoms with Gasteiger partial charge in [0.25, 0.3) is 6.43 Å². The molecule has 1 rings (SSSR count). The van der Waals surface area contributed by atoms with Crippen LogP contribution in [0.4, 0.5) is 18.0 Å². The number of halogens is 3. The fraction of sp³-hybridized carbons (Fsp3) is 0.500. The average Bonchev–Trinajstić information content (AvgIpc) is 2.26. The Morgan fingerprint density at radius 3 is 2.35 bits per heavy atom. The Labute approximate surface area is 116 Å². The van der Waals surface area contributed by atoms with Crippen molar-refractivity contribution in [2.24, 2.45) is 0 Å². The summed E-state index contributed by atoms with van der Waals surface area (Å²) >= 11 is 0. The maximum atomic E-state index is 13.2. The minimum Gasteiger partial charge on any atom is -0.444 e. The number of carbonyl (C=O) groups excluding carboxylic acids is 1. The van der Waals surface area contributed by atoms with E-state index in [1.165, 1.54) is 19.2 Å². The molecule has 1 unspecified atom stereocenters. The first-order valence-electron chi connectivity index (χ1n) is 6.11. The Hall–Kier alpha value is -1.72. The molecule has 0 aromatic heterocycles. The molecule has 0 fully saturated rings. The lowest BCUT2D eigenvalue weighted by Gasteiger charge is -2.30. The number of hydrogen-bond acceptors (Lipinski definition) is 2. The van der Waals surface area contributed by atoms with E-state index in [9.17, 15) is 18.0 Å². The van der Waals surface area contributed by atoms with Gasteiger partial charge in [-0.15, -0.1) is 0 Å². The molecule has 0 aliphatic rings. The predicted octanol–water partition coefficient (Wildman–Crippen LogP) is 4.00. The second-order valence-electron chi connectivity index (χ2n) is 5.43. The number of nitrogens with zero attached hydrogens (tertiary/aromatic N) is 1. The Balaban J connectivity index is 3.00. The fourth-order valence-electron chi connectivity index (χ4n) is 1.68. The lowest BCUT2D eigenvalue weighted by atomic mass is 10.1. The van der Waals surface area contributed by atoms with E-state index in [4.69, 9.17) is 4.74 Å². The summed E-state index contributed by atoms with van der Waals surface area (Å²) in [6.07, 6.45) is -3.73. The zero-order chi connectivity index (χ0) is 15.5. The fourth-order valence-corrected chi connectivity index (χ4v) is 1.68. The van der Waals surface area contributed by atoms with Gasteiger partial charge in [-0.2, -0.15) is 0 Å². The van der Waals surface area contributed by atoms with Crippen molar-refractivity contribution in [1.82, 2.24) is 4.90 Å². The van der Waals surface area contributed by atoms with Crippen molar-refractivity contribution in [3.63, 3.8) is 0 Å². The molecule has 0 spiro atoms. The van der Waals surface area contributed by atoms with Crippen LogP contribution < -0.4 is 0 Å². The highest BCUT2D eigenvalue weighted by molar-refractivity contribution is 5.68. The van der Waals surface area contributed by atoms with Crippen molar-refractivity contribution >= 4 is 6.09 Å². The van der Waals surface area contributed by atoms with Gasteiger partial charge in [0.2, 0.25) is 0 Å². The first-order chi connectivity index (χ1) is 9.11. The third-order valence-corrected chi connectivity index (χ3v) is 2.53. The maximum Gasteiger partial charge on any atom is 0.410 e. The third-order valence-electron chi connectivity index (χ3n) is 2.53. The second kappa shape index (κ2) is 6.15. The minimum atomic E-state index is -2.85. The van der Waals surface area contributed by atoms with E-state index in [0.717, 1.165) is 17.0 Å². The minimum absolute atomic E-state index is 0.0216. The van der Waals surface area contributed by atoms with E-state index in [2.05, 4.69) is 0 Å². The molecule has 0 saturated heterocycles. The summed E-state index contributed by atoms with van der Waals surface area (Å²) in [6, 6.07) is 3.25. The number of ether oxygens (including phenoxy) is 1.